The molecule has 0 saturated heterocycles. The number of anilines is 1. The highest BCUT2D eigenvalue weighted by atomic mass is 32.2. The molecule has 30 heavy (non-hydrogen) atoms. The van der Waals surface area contributed by atoms with Gasteiger partial charge in [0.2, 0.25) is 0 Å². The molecule has 3 aromatic rings. The van der Waals surface area contributed by atoms with Crippen LogP contribution in [0.15, 0.2) is 83.8 Å². The number of sulfonamides is 1. The van der Waals surface area contributed by atoms with Crippen LogP contribution < -0.4 is 4.31 Å². The van der Waals surface area contributed by atoms with E-state index >= 15 is 0 Å². The lowest BCUT2D eigenvalue weighted by Crippen LogP contribution is -2.31. The zero-order valence-corrected chi connectivity index (χ0v) is 18.3. The van der Waals surface area contributed by atoms with Gasteiger partial charge in [0.1, 0.15) is 0 Å². The molecule has 0 heterocycles. The normalized spacial score (nSPS) is 11.2. The van der Waals surface area contributed by atoms with Crippen molar-refractivity contribution >= 4 is 21.6 Å². The summed E-state index contributed by atoms with van der Waals surface area (Å²) in [6.45, 7) is 4.87. The Balaban J connectivity index is 1.84. The highest BCUT2D eigenvalue weighted by Crippen LogP contribution is 2.26. The first-order valence-corrected chi connectivity index (χ1v) is 11.3. The van der Waals surface area contributed by atoms with Crippen LogP contribution in [0.3, 0.4) is 0 Å². The maximum Gasteiger partial charge on any atom is 0.264 e. The van der Waals surface area contributed by atoms with E-state index < -0.39 is 10.0 Å². The Hall–Kier alpha value is -3.12. The summed E-state index contributed by atoms with van der Waals surface area (Å²) in [6, 6.07) is 23.3. The van der Waals surface area contributed by atoms with Gasteiger partial charge in [0.15, 0.2) is 0 Å². The van der Waals surface area contributed by atoms with Gasteiger partial charge in [-0.15, -0.1) is 0 Å². The Morgan fingerprint density at radius 1 is 0.900 bits per heavy atom. The summed E-state index contributed by atoms with van der Waals surface area (Å²) < 4.78 is 27.1. The van der Waals surface area contributed by atoms with Crippen LogP contribution in [0.1, 0.15) is 28.4 Å². The molecule has 0 atom stereocenters. The van der Waals surface area contributed by atoms with Crippen LogP contribution in [0.2, 0.25) is 0 Å². The van der Waals surface area contributed by atoms with Crippen molar-refractivity contribution in [2.24, 2.45) is 0 Å². The van der Waals surface area contributed by atoms with Crippen LogP contribution in [0.25, 0.3) is 0 Å². The zero-order valence-electron chi connectivity index (χ0n) is 17.4. The van der Waals surface area contributed by atoms with E-state index in [1.807, 2.05) is 44.2 Å². The Morgan fingerprint density at radius 3 is 2.07 bits per heavy atom. The third kappa shape index (κ3) is 4.54. The lowest BCUT2D eigenvalue weighted by atomic mass is 10.1. The summed E-state index contributed by atoms with van der Waals surface area (Å²) in [6.07, 6.45) is 0. The third-order valence-corrected chi connectivity index (χ3v) is 6.86. The molecule has 0 N–H and O–H groups in total. The van der Waals surface area contributed by atoms with Gasteiger partial charge in [-0.05, 0) is 55.3 Å². The molecule has 5 nitrogen and oxygen atoms in total. The van der Waals surface area contributed by atoms with Crippen LogP contribution in [0.4, 0.5) is 5.69 Å². The molecule has 0 aliphatic rings. The topological polar surface area (TPSA) is 57.7 Å². The molecule has 0 radical (unpaired) electrons. The van der Waals surface area contributed by atoms with Crippen LogP contribution in [-0.2, 0) is 16.6 Å². The fourth-order valence-electron chi connectivity index (χ4n) is 3.34. The number of carbonyl (C=O) groups is 1. The second kappa shape index (κ2) is 9.13. The van der Waals surface area contributed by atoms with E-state index in [1.165, 1.54) is 11.4 Å². The van der Waals surface area contributed by atoms with Crippen LogP contribution >= 0.6 is 0 Å². The van der Waals surface area contributed by atoms with Gasteiger partial charge in [0.25, 0.3) is 15.9 Å². The Kier molecular flexibility index (Phi) is 6.57. The predicted octanol–water partition coefficient (Wildman–Crippen LogP) is 4.48. The van der Waals surface area contributed by atoms with E-state index in [0.717, 1.165) is 11.1 Å². The fraction of sp³-hybridized carbons (Fsp3) is 0.208. The van der Waals surface area contributed by atoms with Gasteiger partial charge in [0.05, 0.1) is 10.6 Å². The number of benzene rings is 3. The summed E-state index contributed by atoms with van der Waals surface area (Å²) in [7, 11) is -2.14. The van der Waals surface area contributed by atoms with E-state index in [2.05, 4.69) is 0 Å². The number of hydrogen-bond donors (Lipinski definition) is 0. The first-order chi connectivity index (χ1) is 14.3. The molecule has 6 heteroatoms. The number of hydrogen-bond acceptors (Lipinski definition) is 3. The number of aryl methyl sites for hydroxylation is 1. The van der Waals surface area contributed by atoms with Gasteiger partial charge in [-0.1, -0.05) is 48.5 Å². The summed E-state index contributed by atoms with van der Waals surface area (Å²) >= 11 is 0. The minimum Gasteiger partial charge on any atom is -0.335 e. The zero-order chi connectivity index (χ0) is 21.7. The van der Waals surface area contributed by atoms with E-state index in [4.69, 9.17) is 0 Å². The van der Waals surface area contributed by atoms with Gasteiger partial charge in [0, 0.05) is 25.7 Å². The smallest absolute Gasteiger partial charge is 0.264 e. The predicted molar refractivity (Wildman–Crippen MR) is 120 cm³/mol. The van der Waals surface area contributed by atoms with Crippen LogP contribution in [0, 0.1) is 6.92 Å². The van der Waals surface area contributed by atoms with E-state index in [9.17, 15) is 13.2 Å². The van der Waals surface area contributed by atoms with Crippen molar-refractivity contribution in [1.82, 2.24) is 4.90 Å². The summed E-state index contributed by atoms with van der Waals surface area (Å²) in [5.41, 5.74) is 2.87. The second-order valence-corrected chi connectivity index (χ2v) is 9.06. The maximum absolute atomic E-state index is 13.0. The summed E-state index contributed by atoms with van der Waals surface area (Å²) in [5, 5.41) is 0. The second-order valence-electron chi connectivity index (χ2n) is 7.09. The SMILES string of the molecule is CCN(Cc1ccccc1)C(=O)c1ccc(N(C)S(=O)(=O)c2ccccc2)c(C)c1. The Bertz CT molecular complexity index is 1110. The average molecular weight is 423 g/mol. The van der Waals surface area contributed by atoms with Crippen LogP contribution in [0.5, 0.6) is 0 Å². The monoisotopic (exact) mass is 422 g/mol. The maximum atomic E-state index is 13.0. The minimum atomic E-state index is -3.67. The van der Waals surface area contributed by atoms with Gasteiger partial charge in [-0.2, -0.15) is 0 Å². The molecule has 0 unspecified atom stereocenters. The van der Waals surface area contributed by atoms with Crippen molar-refractivity contribution in [3.63, 3.8) is 0 Å². The first kappa shape index (κ1) is 21.6. The van der Waals surface area contributed by atoms with Gasteiger partial charge < -0.3 is 4.90 Å². The number of carbonyl (C=O) groups excluding carboxylic acids is 1. The molecule has 3 aromatic carbocycles. The largest absolute Gasteiger partial charge is 0.335 e. The van der Waals surface area contributed by atoms with Gasteiger partial charge >= 0.3 is 0 Å². The minimum absolute atomic E-state index is 0.0791. The number of nitrogens with zero attached hydrogens (tertiary/aromatic N) is 2. The highest BCUT2D eigenvalue weighted by molar-refractivity contribution is 7.92. The summed E-state index contributed by atoms with van der Waals surface area (Å²) in [4.78, 5) is 15.0. The molecule has 0 spiro atoms. The quantitative estimate of drug-likeness (QED) is 0.564. The molecular weight excluding hydrogens is 396 g/mol. The van der Waals surface area contributed by atoms with Crippen molar-refractivity contribution in [2.75, 3.05) is 17.9 Å². The molecule has 0 bridgehead atoms. The molecule has 0 aromatic heterocycles. The van der Waals surface area contributed by atoms with Crippen LogP contribution in [-0.4, -0.2) is 32.8 Å². The van der Waals surface area contributed by atoms with E-state index in [0.29, 0.717) is 24.3 Å². The fourth-order valence-corrected chi connectivity index (χ4v) is 4.62. The van der Waals surface area contributed by atoms with Crippen molar-refractivity contribution in [1.29, 1.82) is 0 Å². The Labute approximate surface area is 178 Å². The van der Waals surface area contributed by atoms with E-state index in [1.54, 1.807) is 53.4 Å². The third-order valence-electron chi connectivity index (χ3n) is 5.07. The Morgan fingerprint density at radius 2 is 1.50 bits per heavy atom. The standard InChI is InChI=1S/C24H26N2O3S/c1-4-26(18-20-11-7-5-8-12-20)24(27)21-15-16-23(19(2)17-21)25(3)30(28,29)22-13-9-6-10-14-22/h5-17H,4,18H2,1-3H3. The van der Waals surface area contributed by atoms with Crippen molar-refractivity contribution in [3.05, 3.63) is 95.6 Å². The number of rotatable bonds is 7. The molecule has 3 rings (SSSR count). The van der Waals surface area contributed by atoms with E-state index in [-0.39, 0.29) is 10.8 Å². The lowest BCUT2D eigenvalue weighted by Gasteiger charge is -2.24. The van der Waals surface area contributed by atoms with Crippen molar-refractivity contribution in [3.8, 4) is 0 Å². The molecule has 0 aliphatic carbocycles. The molecule has 0 fully saturated rings. The molecule has 156 valence electrons. The first-order valence-electron chi connectivity index (χ1n) is 9.82. The molecular formula is C24H26N2O3S. The average Bonchev–Trinajstić information content (AvgIpc) is 2.77. The van der Waals surface area contributed by atoms with Gasteiger partial charge in [-0.25, -0.2) is 8.42 Å². The molecule has 0 aliphatic heterocycles. The summed E-state index contributed by atoms with van der Waals surface area (Å²) in [5.74, 6) is -0.0791. The van der Waals surface area contributed by atoms with Crippen molar-refractivity contribution < 1.29 is 13.2 Å². The highest BCUT2D eigenvalue weighted by Gasteiger charge is 2.23. The van der Waals surface area contributed by atoms with Gasteiger partial charge in [-0.3, -0.25) is 9.10 Å². The lowest BCUT2D eigenvalue weighted by molar-refractivity contribution is 0.0752. The van der Waals surface area contributed by atoms with Crippen molar-refractivity contribution in [2.45, 2.75) is 25.3 Å². The molecule has 0 saturated carbocycles. The number of amides is 1. The molecule has 1 amide bonds.